The second-order valence-electron chi connectivity index (χ2n) is 4.76. The average Bonchev–Trinajstić information content (AvgIpc) is 2.41. The Morgan fingerprint density at radius 2 is 1.22 bits per heavy atom. The van der Waals surface area contributed by atoms with Crippen molar-refractivity contribution in [1.82, 2.24) is 10.6 Å². The van der Waals surface area contributed by atoms with Gasteiger partial charge in [-0.25, -0.2) is 0 Å². The number of aliphatic carboxylic acids is 2. The highest BCUT2D eigenvalue weighted by Crippen LogP contribution is 2.09. The molecule has 1 unspecified atom stereocenters. The van der Waals surface area contributed by atoms with E-state index in [1.807, 2.05) is 0 Å². The molecular formula is C12H22N2O4. The maximum atomic E-state index is 10.3. The number of carboxylic acids is 2. The number of hydrogen-bond donors (Lipinski definition) is 4. The van der Waals surface area contributed by atoms with Crippen LogP contribution in [0.4, 0.5) is 0 Å². The van der Waals surface area contributed by atoms with Crippen molar-refractivity contribution in [2.24, 2.45) is 11.8 Å². The third-order valence-corrected chi connectivity index (χ3v) is 3.29. The first-order chi connectivity index (χ1) is 8.61. The fraction of sp³-hybridized carbons (Fsp3) is 0.833. The number of rotatable bonds is 2. The van der Waals surface area contributed by atoms with E-state index in [0.717, 1.165) is 38.8 Å². The third kappa shape index (κ3) is 5.46. The molecule has 2 rings (SSSR count). The lowest BCUT2D eigenvalue weighted by molar-refractivity contribution is -0.143. The van der Waals surface area contributed by atoms with Crippen LogP contribution in [-0.4, -0.2) is 48.3 Å². The summed E-state index contributed by atoms with van der Waals surface area (Å²) in [5.74, 6) is -1.61. The van der Waals surface area contributed by atoms with Crippen molar-refractivity contribution in [2.75, 3.05) is 26.2 Å². The first kappa shape index (κ1) is 14.9. The van der Waals surface area contributed by atoms with Gasteiger partial charge in [0.25, 0.3) is 0 Å². The molecule has 0 spiro atoms. The summed E-state index contributed by atoms with van der Waals surface area (Å²) in [6.45, 7) is 3.25. The molecule has 2 heterocycles. The molecule has 6 nitrogen and oxygen atoms in total. The summed E-state index contributed by atoms with van der Waals surface area (Å²) in [6.07, 6.45) is 3.67. The summed E-state index contributed by atoms with van der Waals surface area (Å²) in [5, 5.41) is 23.1. The highest BCUT2D eigenvalue weighted by Gasteiger charge is 2.19. The SMILES string of the molecule is O=C(O)C1CCCNC1.O=C(O)[C@H]1CCCNC1. The first-order valence-electron chi connectivity index (χ1n) is 6.48. The van der Waals surface area contributed by atoms with Crippen LogP contribution in [0.15, 0.2) is 0 Å². The minimum atomic E-state index is -0.665. The molecule has 0 aromatic rings. The van der Waals surface area contributed by atoms with Gasteiger partial charge in [0, 0.05) is 13.1 Å². The topological polar surface area (TPSA) is 98.7 Å². The van der Waals surface area contributed by atoms with E-state index in [-0.39, 0.29) is 11.8 Å². The van der Waals surface area contributed by atoms with Crippen LogP contribution in [0.5, 0.6) is 0 Å². The Kier molecular flexibility index (Phi) is 6.67. The highest BCUT2D eigenvalue weighted by atomic mass is 16.4. The summed E-state index contributed by atoms with van der Waals surface area (Å²) in [7, 11) is 0. The van der Waals surface area contributed by atoms with Crippen molar-refractivity contribution < 1.29 is 19.8 Å². The van der Waals surface area contributed by atoms with Crippen LogP contribution in [0.1, 0.15) is 25.7 Å². The molecule has 0 aromatic carbocycles. The van der Waals surface area contributed by atoms with E-state index < -0.39 is 11.9 Å². The molecule has 2 saturated heterocycles. The predicted molar refractivity (Wildman–Crippen MR) is 66.5 cm³/mol. The summed E-state index contributed by atoms with van der Waals surface area (Å²) >= 11 is 0. The second-order valence-corrected chi connectivity index (χ2v) is 4.76. The van der Waals surface area contributed by atoms with Gasteiger partial charge in [0.05, 0.1) is 11.8 Å². The lowest BCUT2D eigenvalue weighted by Gasteiger charge is -2.18. The summed E-state index contributed by atoms with van der Waals surface area (Å²) in [6, 6.07) is 0. The van der Waals surface area contributed by atoms with Gasteiger partial charge in [0.1, 0.15) is 0 Å². The second kappa shape index (κ2) is 8.05. The largest absolute Gasteiger partial charge is 0.481 e. The van der Waals surface area contributed by atoms with E-state index in [9.17, 15) is 9.59 Å². The Morgan fingerprint density at radius 3 is 1.39 bits per heavy atom. The lowest BCUT2D eigenvalue weighted by Crippen LogP contribution is -2.34. The number of carbonyl (C=O) groups is 2. The fourth-order valence-electron chi connectivity index (χ4n) is 2.13. The van der Waals surface area contributed by atoms with E-state index in [2.05, 4.69) is 10.6 Å². The average molecular weight is 258 g/mol. The van der Waals surface area contributed by atoms with Crippen molar-refractivity contribution in [3.8, 4) is 0 Å². The van der Waals surface area contributed by atoms with Crippen molar-refractivity contribution in [3.63, 3.8) is 0 Å². The van der Waals surface area contributed by atoms with Crippen LogP contribution in [0, 0.1) is 11.8 Å². The Balaban J connectivity index is 0.000000180. The first-order valence-corrected chi connectivity index (χ1v) is 6.48. The Hall–Kier alpha value is -1.14. The highest BCUT2D eigenvalue weighted by molar-refractivity contribution is 5.70. The molecule has 2 aliphatic heterocycles. The molecule has 2 atom stereocenters. The van der Waals surface area contributed by atoms with Crippen molar-refractivity contribution in [3.05, 3.63) is 0 Å². The fourth-order valence-corrected chi connectivity index (χ4v) is 2.13. The normalized spacial score (nSPS) is 27.8. The quantitative estimate of drug-likeness (QED) is 0.562. The number of nitrogens with one attached hydrogen (secondary N) is 2. The summed E-state index contributed by atoms with van der Waals surface area (Å²) < 4.78 is 0. The van der Waals surface area contributed by atoms with Gasteiger partial charge in [0.2, 0.25) is 0 Å². The van der Waals surface area contributed by atoms with Gasteiger partial charge in [0.15, 0.2) is 0 Å². The zero-order valence-corrected chi connectivity index (χ0v) is 10.5. The Bertz CT molecular complexity index is 243. The molecule has 18 heavy (non-hydrogen) atoms. The lowest BCUT2D eigenvalue weighted by atomic mass is 10.0. The molecule has 0 aromatic heterocycles. The van der Waals surface area contributed by atoms with Crippen LogP contribution >= 0.6 is 0 Å². The van der Waals surface area contributed by atoms with Gasteiger partial charge < -0.3 is 20.8 Å². The van der Waals surface area contributed by atoms with Gasteiger partial charge in [-0.1, -0.05) is 0 Å². The zero-order chi connectivity index (χ0) is 13.4. The van der Waals surface area contributed by atoms with Crippen molar-refractivity contribution >= 4 is 11.9 Å². The molecule has 0 bridgehead atoms. The predicted octanol–water partition coefficient (Wildman–Crippen LogP) is 0.141. The maximum Gasteiger partial charge on any atom is 0.307 e. The van der Waals surface area contributed by atoms with E-state index in [4.69, 9.17) is 10.2 Å². The summed E-state index contributed by atoms with van der Waals surface area (Å²) in [4.78, 5) is 20.6. The van der Waals surface area contributed by atoms with Crippen LogP contribution in [0.25, 0.3) is 0 Å². The third-order valence-electron chi connectivity index (χ3n) is 3.29. The van der Waals surface area contributed by atoms with Gasteiger partial charge in [-0.05, 0) is 38.8 Å². The van der Waals surface area contributed by atoms with Crippen LogP contribution in [-0.2, 0) is 9.59 Å². The van der Waals surface area contributed by atoms with Gasteiger partial charge in [-0.15, -0.1) is 0 Å². The number of carboxylic acid groups (broad SMARTS) is 2. The van der Waals surface area contributed by atoms with Gasteiger partial charge in [-0.2, -0.15) is 0 Å². The number of piperidine rings is 2. The van der Waals surface area contributed by atoms with Crippen LogP contribution in [0.2, 0.25) is 0 Å². The molecule has 0 radical (unpaired) electrons. The molecule has 2 fully saturated rings. The van der Waals surface area contributed by atoms with E-state index >= 15 is 0 Å². The van der Waals surface area contributed by atoms with Crippen LogP contribution < -0.4 is 10.6 Å². The smallest absolute Gasteiger partial charge is 0.307 e. The molecular weight excluding hydrogens is 236 g/mol. The van der Waals surface area contributed by atoms with E-state index in [1.165, 1.54) is 0 Å². The molecule has 4 N–H and O–H groups in total. The Morgan fingerprint density at radius 1 is 0.833 bits per heavy atom. The summed E-state index contributed by atoms with van der Waals surface area (Å²) in [5.41, 5.74) is 0. The van der Waals surface area contributed by atoms with Crippen molar-refractivity contribution in [1.29, 1.82) is 0 Å². The molecule has 104 valence electrons. The molecule has 6 heteroatoms. The van der Waals surface area contributed by atoms with Gasteiger partial charge in [-0.3, -0.25) is 9.59 Å². The van der Waals surface area contributed by atoms with Gasteiger partial charge >= 0.3 is 11.9 Å². The van der Waals surface area contributed by atoms with Crippen LogP contribution in [0.3, 0.4) is 0 Å². The van der Waals surface area contributed by atoms with Crippen molar-refractivity contribution in [2.45, 2.75) is 25.7 Å². The minimum absolute atomic E-state index is 0.140. The molecule has 0 aliphatic carbocycles. The van der Waals surface area contributed by atoms with E-state index in [0.29, 0.717) is 13.1 Å². The Labute approximate surface area is 107 Å². The monoisotopic (exact) mass is 258 g/mol. The molecule has 0 amide bonds. The minimum Gasteiger partial charge on any atom is -0.481 e. The van der Waals surface area contributed by atoms with E-state index in [1.54, 1.807) is 0 Å². The zero-order valence-electron chi connectivity index (χ0n) is 10.5. The molecule has 0 saturated carbocycles. The maximum absolute atomic E-state index is 10.3. The number of hydrogen-bond acceptors (Lipinski definition) is 4. The molecule has 2 aliphatic rings. The standard InChI is InChI=1S/2C6H11NO2/c2*8-6(9)5-2-1-3-7-4-5/h2*5,7H,1-4H2,(H,8,9)/t5-;/m0./s1.